The largest absolute Gasteiger partial charge is 0.355 e. The van der Waals surface area contributed by atoms with Crippen molar-refractivity contribution in [1.29, 1.82) is 0 Å². The fourth-order valence-corrected chi connectivity index (χ4v) is 3.70. The van der Waals surface area contributed by atoms with E-state index in [0.717, 1.165) is 30.6 Å². The molecule has 1 saturated heterocycles. The Kier molecular flexibility index (Phi) is 8.41. The smallest absolute Gasteiger partial charge is 0.236 e. The molecule has 30 heavy (non-hydrogen) atoms. The maximum absolute atomic E-state index is 12.8. The summed E-state index contributed by atoms with van der Waals surface area (Å²) in [5, 5.41) is 6.35. The molecule has 0 aromatic heterocycles. The van der Waals surface area contributed by atoms with Crippen molar-refractivity contribution in [3.63, 3.8) is 0 Å². The van der Waals surface area contributed by atoms with Crippen LogP contribution in [0.3, 0.4) is 0 Å². The van der Waals surface area contributed by atoms with Gasteiger partial charge in [0.25, 0.3) is 0 Å². The Hall–Kier alpha value is -2.70. The minimum atomic E-state index is -0.0279. The van der Waals surface area contributed by atoms with Crippen LogP contribution in [0.25, 0.3) is 0 Å². The average Bonchev–Trinajstić information content (AvgIpc) is 2.79. The Morgan fingerprint density at radius 1 is 0.900 bits per heavy atom. The molecule has 1 aliphatic rings. The molecular formula is C24H32N4O2. The third-order valence-electron chi connectivity index (χ3n) is 5.39. The van der Waals surface area contributed by atoms with Crippen LogP contribution in [0, 0.1) is 0 Å². The molecule has 0 unspecified atom stereocenters. The van der Waals surface area contributed by atoms with Crippen LogP contribution in [0.5, 0.6) is 0 Å². The van der Waals surface area contributed by atoms with Gasteiger partial charge in [-0.25, -0.2) is 0 Å². The second kappa shape index (κ2) is 11.5. The van der Waals surface area contributed by atoms with Crippen molar-refractivity contribution in [2.45, 2.75) is 19.4 Å². The van der Waals surface area contributed by atoms with E-state index in [4.69, 9.17) is 0 Å². The molecule has 0 atom stereocenters. The third-order valence-corrected chi connectivity index (χ3v) is 5.39. The summed E-state index contributed by atoms with van der Waals surface area (Å²) < 4.78 is 0. The average molecular weight is 409 g/mol. The number of nitrogens with one attached hydrogen (secondary N) is 2. The minimum Gasteiger partial charge on any atom is -0.355 e. The number of hydrogen-bond acceptors (Lipinski definition) is 4. The lowest BCUT2D eigenvalue weighted by molar-refractivity contribution is -0.132. The number of benzene rings is 2. The van der Waals surface area contributed by atoms with Crippen LogP contribution in [0.1, 0.15) is 30.5 Å². The van der Waals surface area contributed by atoms with Gasteiger partial charge in [0.2, 0.25) is 11.8 Å². The standard InChI is InChI=1S/C24H32N4O2/c1-2-13-25-22(29)19-27-14-16-28(17-15-27)23(30)18-26-24(20-9-5-3-6-10-20)21-11-7-4-8-12-21/h3-12,24,26H,2,13-19H2,1H3,(H,25,29). The van der Waals surface area contributed by atoms with Crippen LogP contribution in [0.4, 0.5) is 0 Å². The molecule has 2 amide bonds. The van der Waals surface area contributed by atoms with Crippen molar-refractivity contribution in [1.82, 2.24) is 20.4 Å². The van der Waals surface area contributed by atoms with E-state index in [9.17, 15) is 9.59 Å². The van der Waals surface area contributed by atoms with E-state index in [2.05, 4.69) is 39.8 Å². The zero-order valence-electron chi connectivity index (χ0n) is 17.7. The van der Waals surface area contributed by atoms with Crippen molar-refractivity contribution in [3.05, 3.63) is 71.8 Å². The summed E-state index contributed by atoms with van der Waals surface area (Å²) in [5.41, 5.74) is 2.28. The minimum absolute atomic E-state index is 0.0279. The van der Waals surface area contributed by atoms with E-state index in [1.165, 1.54) is 0 Å². The molecule has 6 heteroatoms. The highest BCUT2D eigenvalue weighted by molar-refractivity contribution is 5.79. The molecule has 0 radical (unpaired) electrons. The van der Waals surface area contributed by atoms with Crippen LogP contribution in [0.15, 0.2) is 60.7 Å². The normalized spacial score (nSPS) is 14.7. The molecule has 0 spiro atoms. The quantitative estimate of drug-likeness (QED) is 0.667. The molecule has 160 valence electrons. The topological polar surface area (TPSA) is 64.7 Å². The van der Waals surface area contributed by atoms with E-state index >= 15 is 0 Å². The van der Waals surface area contributed by atoms with E-state index in [-0.39, 0.29) is 24.4 Å². The summed E-state index contributed by atoms with van der Waals surface area (Å²) in [6.07, 6.45) is 0.938. The second-order valence-electron chi connectivity index (χ2n) is 7.64. The number of amides is 2. The monoisotopic (exact) mass is 408 g/mol. The van der Waals surface area contributed by atoms with Crippen molar-refractivity contribution in [3.8, 4) is 0 Å². The van der Waals surface area contributed by atoms with Crippen molar-refractivity contribution in [2.75, 3.05) is 45.8 Å². The van der Waals surface area contributed by atoms with E-state index < -0.39 is 0 Å². The van der Waals surface area contributed by atoms with Crippen LogP contribution in [-0.4, -0.2) is 67.4 Å². The number of rotatable bonds is 9. The third kappa shape index (κ3) is 6.40. The Bertz CT molecular complexity index is 750. The molecule has 1 heterocycles. The van der Waals surface area contributed by atoms with Gasteiger partial charge in [-0.15, -0.1) is 0 Å². The molecule has 1 aliphatic heterocycles. The Balaban J connectivity index is 1.51. The molecule has 6 nitrogen and oxygen atoms in total. The van der Waals surface area contributed by atoms with Gasteiger partial charge in [0.15, 0.2) is 0 Å². The molecule has 0 saturated carbocycles. The van der Waals surface area contributed by atoms with E-state index in [1.807, 2.05) is 48.2 Å². The Morgan fingerprint density at radius 3 is 2.00 bits per heavy atom. The van der Waals surface area contributed by atoms with Crippen molar-refractivity contribution >= 4 is 11.8 Å². The summed E-state index contributed by atoms with van der Waals surface area (Å²) in [6, 6.07) is 20.4. The molecule has 0 bridgehead atoms. The first-order valence-electron chi connectivity index (χ1n) is 10.8. The lowest BCUT2D eigenvalue weighted by Gasteiger charge is -2.34. The SMILES string of the molecule is CCCNC(=O)CN1CCN(C(=O)CNC(c2ccccc2)c2ccccc2)CC1. The first-order chi connectivity index (χ1) is 14.7. The predicted octanol–water partition coefficient (Wildman–Crippen LogP) is 2.04. The number of carbonyl (C=O) groups excluding carboxylic acids is 2. The zero-order valence-corrected chi connectivity index (χ0v) is 17.7. The fraction of sp³-hybridized carbons (Fsp3) is 0.417. The second-order valence-corrected chi connectivity index (χ2v) is 7.64. The molecular weight excluding hydrogens is 376 g/mol. The Morgan fingerprint density at radius 2 is 1.47 bits per heavy atom. The van der Waals surface area contributed by atoms with Crippen LogP contribution in [0.2, 0.25) is 0 Å². The zero-order chi connectivity index (χ0) is 21.2. The highest BCUT2D eigenvalue weighted by Gasteiger charge is 2.23. The first-order valence-corrected chi connectivity index (χ1v) is 10.8. The highest BCUT2D eigenvalue weighted by Crippen LogP contribution is 2.21. The van der Waals surface area contributed by atoms with Gasteiger partial charge in [-0.2, -0.15) is 0 Å². The van der Waals surface area contributed by atoms with Gasteiger partial charge in [0, 0.05) is 32.7 Å². The predicted molar refractivity (Wildman–Crippen MR) is 119 cm³/mol. The Labute approximate surface area is 179 Å². The summed E-state index contributed by atoms with van der Waals surface area (Å²) in [6.45, 7) is 6.21. The molecule has 1 fully saturated rings. The molecule has 2 aromatic carbocycles. The maximum Gasteiger partial charge on any atom is 0.236 e. The number of hydrogen-bond donors (Lipinski definition) is 2. The lowest BCUT2D eigenvalue weighted by Crippen LogP contribution is -2.52. The van der Waals surface area contributed by atoms with Gasteiger partial charge in [-0.1, -0.05) is 67.6 Å². The van der Waals surface area contributed by atoms with Crippen LogP contribution < -0.4 is 10.6 Å². The van der Waals surface area contributed by atoms with Crippen LogP contribution >= 0.6 is 0 Å². The number of piperazine rings is 1. The summed E-state index contributed by atoms with van der Waals surface area (Å²) in [4.78, 5) is 28.7. The van der Waals surface area contributed by atoms with Crippen molar-refractivity contribution < 1.29 is 9.59 Å². The lowest BCUT2D eigenvalue weighted by atomic mass is 9.99. The molecule has 2 N–H and O–H groups in total. The van der Waals surface area contributed by atoms with Gasteiger partial charge in [0.1, 0.15) is 0 Å². The number of nitrogens with zero attached hydrogens (tertiary/aromatic N) is 2. The van der Waals surface area contributed by atoms with Gasteiger partial charge in [0.05, 0.1) is 19.1 Å². The summed E-state index contributed by atoms with van der Waals surface area (Å²) in [7, 11) is 0. The molecule has 3 rings (SSSR count). The molecule has 0 aliphatic carbocycles. The summed E-state index contributed by atoms with van der Waals surface area (Å²) >= 11 is 0. The van der Waals surface area contributed by atoms with Gasteiger partial charge in [-0.3, -0.25) is 19.8 Å². The fourth-order valence-electron chi connectivity index (χ4n) is 3.70. The first kappa shape index (κ1) is 22.0. The maximum atomic E-state index is 12.8. The van der Waals surface area contributed by atoms with E-state index in [0.29, 0.717) is 26.2 Å². The number of carbonyl (C=O) groups is 2. The van der Waals surface area contributed by atoms with Gasteiger partial charge < -0.3 is 10.2 Å². The van der Waals surface area contributed by atoms with E-state index in [1.54, 1.807) is 0 Å². The van der Waals surface area contributed by atoms with Gasteiger partial charge in [-0.05, 0) is 17.5 Å². The van der Waals surface area contributed by atoms with Gasteiger partial charge >= 0.3 is 0 Å². The van der Waals surface area contributed by atoms with Crippen molar-refractivity contribution in [2.24, 2.45) is 0 Å². The van der Waals surface area contributed by atoms with Crippen LogP contribution in [-0.2, 0) is 9.59 Å². The highest BCUT2D eigenvalue weighted by atomic mass is 16.2. The summed E-state index contributed by atoms with van der Waals surface area (Å²) in [5.74, 6) is 0.161. The molecule has 2 aromatic rings.